The Kier molecular flexibility index (Phi) is 2.42. The van der Waals surface area contributed by atoms with Crippen molar-refractivity contribution < 1.29 is 9.90 Å². The van der Waals surface area contributed by atoms with Gasteiger partial charge in [-0.15, -0.1) is 0 Å². The molecule has 0 atom stereocenters. The lowest BCUT2D eigenvalue weighted by Gasteiger charge is -2.04. The Bertz CT molecular complexity index is 421. The lowest BCUT2D eigenvalue weighted by atomic mass is 10.0. The zero-order chi connectivity index (χ0) is 10.1. The summed E-state index contributed by atoms with van der Waals surface area (Å²) in [7, 11) is 0. The van der Waals surface area contributed by atoms with Crippen LogP contribution in [0, 0.1) is 0 Å². The van der Waals surface area contributed by atoms with Crippen LogP contribution in [0.25, 0.3) is 5.57 Å². The number of rotatable bonds is 2. The van der Waals surface area contributed by atoms with Gasteiger partial charge in [-0.1, -0.05) is 34.1 Å². The third-order valence-corrected chi connectivity index (χ3v) is 3.10. The number of hydrogen-bond donors (Lipinski definition) is 1. The maximum absolute atomic E-state index is 10.6. The number of hydrogen-bond acceptors (Lipinski definition) is 1. The Labute approximate surface area is 90.4 Å². The molecule has 0 aromatic heterocycles. The molecule has 1 aromatic carbocycles. The molecule has 0 bridgehead atoms. The molecule has 0 amide bonds. The summed E-state index contributed by atoms with van der Waals surface area (Å²) in [5, 5.41) is 8.72. The van der Waals surface area contributed by atoms with Crippen molar-refractivity contribution in [2.75, 3.05) is 0 Å². The molecule has 0 spiro atoms. The number of halogens is 1. The predicted octanol–water partition coefficient (Wildman–Crippen LogP) is 2.86. The Morgan fingerprint density at radius 2 is 2.29 bits per heavy atom. The molecular weight excluding hydrogens is 244 g/mol. The molecule has 0 radical (unpaired) electrons. The summed E-state index contributed by atoms with van der Waals surface area (Å²) in [5.41, 5.74) is 3.19. The second kappa shape index (κ2) is 3.58. The highest BCUT2D eigenvalue weighted by Crippen LogP contribution is 2.34. The quantitative estimate of drug-likeness (QED) is 0.879. The molecule has 1 aliphatic carbocycles. The van der Waals surface area contributed by atoms with Gasteiger partial charge in [-0.2, -0.15) is 0 Å². The van der Waals surface area contributed by atoms with Gasteiger partial charge in [0.2, 0.25) is 0 Å². The third kappa shape index (κ3) is 1.60. The van der Waals surface area contributed by atoms with Gasteiger partial charge in [0.1, 0.15) is 0 Å². The van der Waals surface area contributed by atoms with Crippen LogP contribution in [-0.4, -0.2) is 11.1 Å². The number of benzene rings is 1. The van der Waals surface area contributed by atoms with Crippen LogP contribution in [0.4, 0.5) is 0 Å². The molecule has 0 saturated heterocycles. The number of carboxylic acids is 1. The number of carbonyl (C=O) groups is 1. The number of carboxylic acid groups (broad SMARTS) is 1. The average molecular weight is 253 g/mol. The summed E-state index contributed by atoms with van der Waals surface area (Å²) < 4.78 is 1.06. The normalized spacial score (nSPS) is 13.6. The summed E-state index contributed by atoms with van der Waals surface area (Å²) in [6, 6.07) is 5.89. The first-order valence-corrected chi connectivity index (χ1v) is 5.16. The van der Waals surface area contributed by atoms with Crippen LogP contribution >= 0.6 is 15.9 Å². The molecule has 3 heteroatoms. The second-order valence-corrected chi connectivity index (χ2v) is 4.12. The minimum atomic E-state index is -0.774. The minimum absolute atomic E-state index is 0.115. The minimum Gasteiger partial charge on any atom is -0.481 e. The van der Waals surface area contributed by atoms with Crippen molar-refractivity contribution in [3.63, 3.8) is 0 Å². The van der Waals surface area contributed by atoms with Crippen molar-refractivity contribution in [1.82, 2.24) is 0 Å². The molecule has 1 aliphatic rings. The van der Waals surface area contributed by atoms with Gasteiger partial charge in [0, 0.05) is 4.47 Å². The summed E-state index contributed by atoms with van der Waals surface area (Å²) >= 11 is 3.46. The van der Waals surface area contributed by atoms with Gasteiger partial charge in [-0.05, 0) is 29.2 Å². The molecule has 14 heavy (non-hydrogen) atoms. The van der Waals surface area contributed by atoms with Gasteiger partial charge in [0.05, 0.1) is 6.42 Å². The van der Waals surface area contributed by atoms with Gasteiger partial charge in [0.25, 0.3) is 0 Å². The van der Waals surface area contributed by atoms with E-state index in [4.69, 9.17) is 5.11 Å². The number of allylic oxidation sites excluding steroid dienone is 1. The van der Waals surface area contributed by atoms with E-state index in [0.29, 0.717) is 0 Å². The van der Waals surface area contributed by atoms with E-state index >= 15 is 0 Å². The van der Waals surface area contributed by atoms with E-state index in [9.17, 15) is 4.79 Å². The maximum atomic E-state index is 10.6. The van der Waals surface area contributed by atoms with Gasteiger partial charge >= 0.3 is 5.97 Å². The van der Waals surface area contributed by atoms with E-state index in [-0.39, 0.29) is 6.42 Å². The van der Waals surface area contributed by atoms with Crippen molar-refractivity contribution in [1.29, 1.82) is 0 Å². The Hall–Kier alpha value is -1.09. The van der Waals surface area contributed by atoms with Crippen LogP contribution in [0.15, 0.2) is 28.7 Å². The van der Waals surface area contributed by atoms with E-state index in [1.54, 1.807) is 0 Å². The number of fused-ring (bicyclic) bond motifs is 1. The van der Waals surface area contributed by atoms with Crippen molar-refractivity contribution in [2.45, 2.75) is 12.8 Å². The topological polar surface area (TPSA) is 37.3 Å². The zero-order valence-electron chi connectivity index (χ0n) is 7.46. The van der Waals surface area contributed by atoms with E-state index in [1.165, 1.54) is 5.56 Å². The van der Waals surface area contributed by atoms with Gasteiger partial charge in [0.15, 0.2) is 0 Å². The third-order valence-electron chi connectivity index (χ3n) is 2.36. The fourth-order valence-corrected chi connectivity index (χ4v) is 2.26. The molecule has 0 fully saturated rings. The van der Waals surface area contributed by atoms with E-state index in [2.05, 4.69) is 15.9 Å². The fourth-order valence-electron chi connectivity index (χ4n) is 1.73. The lowest BCUT2D eigenvalue weighted by molar-refractivity contribution is -0.135. The van der Waals surface area contributed by atoms with Crippen LogP contribution in [0.5, 0.6) is 0 Å². The first kappa shape index (κ1) is 9.46. The van der Waals surface area contributed by atoms with Crippen LogP contribution in [0.1, 0.15) is 17.5 Å². The van der Waals surface area contributed by atoms with Crippen molar-refractivity contribution in [3.8, 4) is 0 Å². The maximum Gasteiger partial charge on any atom is 0.307 e. The van der Waals surface area contributed by atoms with E-state index < -0.39 is 5.97 Å². The van der Waals surface area contributed by atoms with E-state index in [0.717, 1.165) is 22.0 Å². The zero-order valence-corrected chi connectivity index (χ0v) is 9.04. The molecule has 0 heterocycles. The molecular formula is C11H9BrO2. The second-order valence-electron chi connectivity index (χ2n) is 3.27. The SMILES string of the molecule is O=C(O)CC1=CCc2c(Br)cccc21. The fraction of sp³-hybridized carbons (Fsp3) is 0.182. The van der Waals surface area contributed by atoms with Crippen LogP contribution < -0.4 is 0 Å². The van der Waals surface area contributed by atoms with Crippen molar-refractivity contribution >= 4 is 27.5 Å². The smallest absolute Gasteiger partial charge is 0.307 e. The van der Waals surface area contributed by atoms with Gasteiger partial charge in [-0.25, -0.2) is 0 Å². The Morgan fingerprint density at radius 3 is 3.00 bits per heavy atom. The standard InChI is InChI=1S/C11H9BrO2/c12-10-3-1-2-8-7(6-11(13)14)4-5-9(8)10/h1-4H,5-6H2,(H,13,14). The lowest BCUT2D eigenvalue weighted by Crippen LogP contribution is -1.96. The first-order valence-electron chi connectivity index (χ1n) is 4.37. The molecule has 2 rings (SSSR count). The molecule has 0 unspecified atom stereocenters. The highest BCUT2D eigenvalue weighted by Gasteiger charge is 2.17. The molecule has 1 N–H and O–H groups in total. The Balaban J connectivity index is 2.37. The summed E-state index contributed by atoms with van der Waals surface area (Å²) in [6.45, 7) is 0. The van der Waals surface area contributed by atoms with Gasteiger partial charge in [-0.3, -0.25) is 4.79 Å². The molecule has 0 saturated carbocycles. The van der Waals surface area contributed by atoms with Crippen molar-refractivity contribution in [3.05, 3.63) is 39.9 Å². The van der Waals surface area contributed by atoms with Crippen LogP contribution in [0.2, 0.25) is 0 Å². The van der Waals surface area contributed by atoms with Crippen molar-refractivity contribution in [2.24, 2.45) is 0 Å². The van der Waals surface area contributed by atoms with Gasteiger partial charge < -0.3 is 5.11 Å². The molecule has 0 aliphatic heterocycles. The average Bonchev–Trinajstić information content (AvgIpc) is 2.49. The highest BCUT2D eigenvalue weighted by atomic mass is 79.9. The summed E-state index contributed by atoms with van der Waals surface area (Å²) in [4.78, 5) is 10.6. The molecule has 1 aromatic rings. The highest BCUT2D eigenvalue weighted by molar-refractivity contribution is 9.10. The number of aliphatic carboxylic acids is 1. The summed E-state index contributed by atoms with van der Waals surface area (Å²) in [6.07, 6.45) is 2.94. The van der Waals surface area contributed by atoms with Crippen LogP contribution in [-0.2, 0) is 11.2 Å². The molecule has 72 valence electrons. The van der Waals surface area contributed by atoms with E-state index in [1.807, 2.05) is 24.3 Å². The van der Waals surface area contributed by atoms with Crippen LogP contribution in [0.3, 0.4) is 0 Å². The predicted molar refractivity (Wildman–Crippen MR) is 58.1 cm³/mol. The largest absolute Gasteiger partial charge is 0.481 e. The molecule has 2 nitrogen and oxygen atoms in total. The summed E-state index contributed by atoms with van der Waals surface area (Å²) in [5.74, 6) is -0.774. The first-order chi connectivity index (χ1) is 6.68. The monoisotopic (exact) mass is 252 g/mol. The Morgan fingerprint density at radius 1 is 1.50 bits per heavy atom.